The molecule has 0 radical (unpaired) electrons. The first kappa shape index (κ1) is 34.5. The maximum absolute atomic E-state index is 12.9. The zero-order chi connectivity index (χ0) is 25.5. The maximum Gasteiger partial charge on any atom is 1.00 e. The first-order valence-corrected chi connectivity index (χ1v) is 11.3. The second-order valence-electron chi connectivity index (χ2n) is 6.89. The van der Waals surface area contributed by atoms with Gasteiger partial charge in [0.1, 0.15) is 11.6 Å². The van der Waals surface area contributed by atoms with Crippen molar-refractivity contribution in [3.8, 4) is 18.1 Å². The Labute approximate surface area is 251 Å². The van der Waals surface area contributed by atoms with Crippen LogP contribution in [0.2, 0.25) is 0 Å². The Morgan fingerprint density at radius 3 is 2.42 bits per heavy atom. The number of rotatable bonds is 7. The van der Waals surface area contributed by atoms with E-state index in [0.717, 1.165) is 15.9 Å². The fourth-order valence-electron chi connectivity index (χ4n) is 3.11. The van der Waals surface area contributed by atoms with Crippen molar-refractivity contribution in [3.05, 3.63) is 56.5 Å². The van der Waals surface area contributed by atoms with Crippen LogP contribution in [0.1, 0.15) is 17.8 Å². The van der Waals surface area contributed by atoms with Gasteiger partial charge in [-0.25, -0.2) is 14.3 Å². The first-order chi connectivity index (χ1) is 16.0. The summed E-state index contributed by atoms with van der Waals surface area (Å²) in [4.78, 5) is 54.4. The SMILES string of the molecule is C#CCn1c(=O)c2c(nc(/C=C/c3cccc(OC)c3)n2C)n(CCCO)c1=O.O=P([O-])([O-])O.[Na+].[Na+]. The summed E-state index contributed by atoms with van der Waals surface area (Å²) >= 11 is 0. The third kappa shape index (κ3) is 9.45. The van der Waals surface area contributed by atoms with Gasteiger partial charge in [-0.3, -0.25) is 9.36 Å². The number of hydrogen-bond acceptors (Lipinski definition) is 8. The number of aromatic nitrogens is 4. The van der Waals surface area contributed by atoms with Gasteiger partial charge in [0, 0.05) is 20.2 Å². The molecule has 3 rings (SSSR count). The van der Waals surface area contributed by atoms with E-state index in [1.165, 1.54) is 4.57 Å². The van der Waals surface area contributed by atoms with Crippen LogP contribution in [-0.4, -0.2) is 42.4 Å². The molecule has 182 valence electrons. The Hall–Kier alpha value is -1.46. The fourth-order valence-corrected chi connectivity index (χ4v) is 3.11. The molecule has 12 nitrogen and oxygen atoms in total. The zero-order valence-electron chi connectivity index (χ0n) is 20.4. The molecule has 2 N–H and O–H groups in total. The van der Waals surface area contributed by atoms with Gasteiger partial charge in [-0.05, 0) is 30.2 Å². The molecule has 0 amide bonds. The predicted octanol–water partition coefficient (Wildman–Crippen LogP) is -7.09. The minimum absolute atomic E-state index is 0. The Balaban J connectivity index is 0.00000160. The molecular formula is C21H23N4Na2O8P. The van der Waals surface area contributed by atoms with Gasteiger partial charge in [0.25, 0.3) is 5.56 Å². The molecule has 1 aromatic carbocycles. The van der Waals surface area contributed by atoms with Gasteiger partial charge in [0.15, 0.2) is 11.2 Å². The molecule has 0 aliphatic rings. The summed E-state index contributed by atoms with van der Waals surface area (Å²) in [5, 5.41) is 9.17. The van der Waals surface area contributed by atoms with E-state index in [4.69, 9.17) is 35.5 Å². The Kier molecular flexibility index (Phi) is 15.1. The molecule has 2 aromatic heterocycles. The van der Waals surface area contributed by atoms with Crippen molar-refractivity contribution in [2.45, 2.75) is 19.5 Å². The average Bonchev–Trinajstić information content (AvgIpc) is 3.10. The molecule has 0 spiro atoms. The number of ether oxygens (including phenoxy) is 1. The zero-order valence-corrected chi connectivity index (χ0v) is 25.3. The standard InChI is InChI=1S/C21H22N4O4.2Na.H3O4P/c1-4-11-25-20(27)18-19(24(21(25)28)12-6-13-26)22-17(23(18)2)10-9-15-7-5-8-16(14-15)29-3;;;1-5(2,3)4/h1,5,7-10,14,26H,6,11-13H2,2-3H3;;;(H3,1,2,3,4)/q;2*+1;/p-2/b10-9+;;;. The van der Waals surface area contributed by atoms with Crippen LogP contribution in [0.5, 0.6) is 5.75 Å². The number of aliphatic hydroxyl groups excluding tert-OH is 1. The van der Waals surface area contributed by atoms with E-state index in [2.05, 4.69) is 10.9 Å². The number of terminal acetylenes is 1. The van der Waals surface area contributed by atoms with Crippen molar-refractivity contribution in [3.63, 3.8) is 0 Å². The van der Waals surface area contributed by atoms with Crippen molar-refractivity contribution >= 4 is 31.1 Å². The van der Waals surface area contributed by atoms with Crippen LogP contribution in [0, 0.1) is 12.3 Å². The predicted molar refractivity (Wildman–Crippen MR) is 122 cm³/mol. The number of methoxy groups -OCH3 is 1. The minimum atomic E-state index is -5.14. The summed E-state index contributed by atoms with van der Waals surface area (Å²) in [7, 11) is -1.83. The summed E-state index contributed by atoms with van der Waals surface area (Å²) in [5.41, 5.74) is 0.436. The Morgan fingerprint density at radius 2 is 1.86 bits per heavy atom. The van der Waals surface area contributed by atoms with E-state index >= 15 is 0 Å². The van der Waals surface area contributed by atoms with Gasteiger partial charge in [-0.2, -0.15) is 0 Å². The quantitative estimate of drug-likeness (QED) is 0.169. The van der Waals surface area contributed by atoms with Gasteiger partial charge < -0.3 is 33.7 Å². The van der Waals surface area contributed by atoms with E-state index in [1.54, 1.807) is 24.8 Å². The smallest absolute Gasteiger partial charge is 0.790 e. The van der Waals surface area contributed by atoms with Crippen LogP contribution in [0.3, 0.4) is 0 Å². The number of benzene rings is 1. The van der Waals surface area contributed by atoms with Crippen LogP contribution in [0.25, 0.3) is 23.3 Å². The summed E-state index contributed by atoms with van der Waals surface area (Å²) < 4.78 is 17.9. The van der Waals surface area contributed by atoms with Crippen molar-refractivity contribution in [1.29, 1.82) is 0 Å². The van der Waals surface area contributed by atoms with Gasteiger partial charge in [0.05, 0.1) is 21.5 Å². The number of hydrogen-bond donors (Lipinski definition) is 2. The molecule has 0 bridgehead atoms. The number of nitrogens with zero attached hydrogens (tertiary/aromatic N) is 4. The molecular weight excluding hydrogens is 513 g/mol. The van der Waals surface area contributed by atoms with Crippen molar-refractivity contribution < 1.29 is 88.2 Å². The molecule has 36 heavy (non-hydrogen) atoms. The third-order valence-electron chi connectivity index (χ3n) is 4.58. The van der Waals surface area contributed by atoms with E-state index in [9.17, 15) is 9.59 Å². The number of aliphatic hydroxyl groups is 1. The van der Waals surface area contributed by atoms with Crippen molar-refractivity contribution in [2.24, 2.45) is 7.05 Å². The van der Waals surface area contributed by atoms with Crippen molar-refractivity contribution in [2.75, 3.05) is 13.7 Å². The fraction of sp³-hybridized carbons (Fsp3) is 0.286. The Bertz CT molecular complexity index is 1390. The van der Waals surface area contributed by atoms with E-state index in [-0.39, 0.29) is 90.0 Å². The molecule has 0 aliphatic heterocycles. The van der Waals surface area contributed by atoms with E-state index in [1.807, 2.05) is 30.3 Å². The summed E-state index contributed by atoms with van der Waals surface area (Å²) in [6.07, 6.45) is 9.30. The van der Waals surface area contributed by atoms with Gasteiger partial charge in [-0.1, -0.05) is 24.1 Å². The number of aryl methyl sites for hydroxylation is 2. The first-order valence-electron chi connectivity index (χ1n) is 9.83. The summed E-state index contributed by atoms with van der Waals surface area (Å²) in [6, 6.07) is 7.51. The topological polar surface area (TPSA) is 175 Å². The maximum atomic E-state index is 12.9. The van der Waals surface area contributed by atoms with E-state index in [0.29, 0.717) is 12.2 Å². The molecule has 0 saturated carbocycles. The van der Waals surface area contributed by atoms with Crippen LogP contribution >= 0.6 is 7.82 Å². The molecule has 0 unspecified atom stereocenters. The van der Waals surface area contributed by atoms with Crippen LogP contribution in [0.4, 0.5) is 0 Å². The molecule has 0 fully saturated rings. The van der Waals surface area contributed by atoms with Gasteiger partial charge in [0.2, 0.25) is 0 Å². The van der Waals surface area contributed by atoms with Gasteiger partial charge in [-0.15, -0.1) is 6.42 Å². The second-order valence-corrected chi connectivity index (χ2v) is 7.82. The normalized spacial score (nSPS) is 10.7. The number of phosphoric acid groups is 1. The summed E-state index contributed by atoms with van der Waals surface area (Å²) in [6.45, 7) is 0.0112. The largest absolute Gasteiger partial charge is 1.00 e. The van der Waals surface area contributed by atoms with Crippen LogP contribution < -0.4 is 84.9 Å². The Morgan fingerprint density at radius 1 is 1.22 bits per heavy atom. The van der Waals surface area contributed by atoms with Gasteiger partial charge >= 0.3 is 64.8 Å². The van der Waals surface area contributed by atoms with Crippen LogP contribution in [0.15, 0.2) is 33.9 Å². The third-order valence-corrected chi connectivity index (χ3v) is 4.58. The number of fused-ring (bicyclic) bond motifs is 1. The monoisotopic (exact) mass is 536 g/mol. The molecule has 15 heteroatoms. The second kappa shape index (κ2) is 15.7. The molecule has 0 atom stereocenters. The van der Waals surface area contributed by atoms with Crippen LogP contribution in [-0.2, 0) is 24.7 Å². The van der Waals surface area contributed by atoms with Crippen molar-refractivity contribution in [1.82, 2.24) is 18.7 Å². The average molecular weight is 536 g/mol. The molecule has 3 aromatic rings. The summed E-state index contributed by atoms with van der Waals surface area (Å²) in [5.74, 6) is 3.58. The molecule has 2 heterocycles. The number of imidazole rings is 1. The molecule has 0 aliphatic carbocycles. The van der Waals surface area contributed by atoms with E-state index < -0.39 is 19.1 Å². The minimum Gasteiger partial charge on any atom is -0.790 e. The molecule has 0 saturated heterocycles.